The second-order valence-corrected chi connectivity index (χ2v) is 11.7. The Bertz CT molecular complexity index is 1330. The zero-order chi connectivity index (χ0) is 27.0. The van der Waals surface area contributed by atoms with Gasteiger partial charge in [0.2, 0.25) is 0 Å². The number of hydrogen-bond donors (Lipinski definition) is 1. The van der Waals surface area contributed by atoms with Crippen LogP contribution < -0.4 is 4.74 Å². The van der Waals surface area contributed by atoms with E-state index in [0.717, 1.165) is 16.7 Å². The monoisotopic (exact) mass is 539 g/mol. The van der Waals surface area contributed by atoms with Crippen molar-refractivity contribution in [3.05, 3.63) is 98.5 Å². The Morgan fingerprint density at radius 2 is 1.76 bits per heavy atom. The van der Waals surface area contributed by atoms with E-state index < -0.39 is 18.1 Å². The fourth-order valence-corrected chi connectivity index (χ4v) is 5.10. The Morgan fingerprint density at radius 1 is 1.05 bits per heavy atom. The lowest BCUT2D eigenvalue weighted by molar-refractivity contribution is -0.137. The quantitative estimate of drug-likeness (QED) is 0.352. The van der Waals surface area contributed by atoms with Crippen LogP contribution in [-0.4, -0.2) is 34.0 Å². The number of hydrogen-bond acceptors (Lipinski definition) is 3. The van der Waals surface area contributed by atoms with E-state index in [1.54, 1.807) is 24.3 Å². The molecule has 3 aromatic rings. The van der Waals surface area contributed by atoms with Crippen LogP contribution in [0.2, 0.25) is 10.0 Å². The number of carboxylic acids is 1. The van der Waals surface area contributed by atoms with Crippen LogP contribution in [0.3, 0.4) is 0 Å². The third kappa shape index (κ3) is 6.28. The minimum atomic E-state index is -1.06. The first kappa shape index (κ1) is 27.0. The number of carbonyl (C=O) groups excluding carboxylic acids is 1. The van der Waals surface area contributed by atoms with E-state index in [9.17, 15) is 14.7 Å². The maximum atomic E-state index is 13.4. The summed E-state index contributed by atoms with van der Waals surface area (Å²) in [6.45, 7) is 8.22. The number of amides is 1. The van der Waals surface area contributed by atoms with E-state index >= 15 is 0 Å². The molecule has 1 amide bonds. The zero-order valence-corrected chi connectivity index (χ0v) is 23.0. The molecular weight excluding hydrogens is 509 g/mol. The minimum absolute atomic E-state index is 0.00813. The van der Waals surface area contributed by atoms with Crippen molar-refractivity contribution in [2.75, 3.05) is 6.54 Å². The summed E-state index contributed by atoms with van der Waals surface area (Å²) in [4.78, 5) is 26.4. The molecule has 1 N–H and O–H groups in total. The van der Waals surface area contributed by atoms with Crippen LogP contribution in [0.25, 0.3) is 0 Å². The smallest absolute Gasteiger partial charge is 0.323 e. The molecule has 5 nitrogen and oxygen atoms in total. The average Bonchev–Trinajstić information content (AvgIpc) is 3.15. The van der Waals surface area contributed by atoms with E-state index in [2.05, 4.69) is 20.8 Å². The molecule has 0 fully saturated rings. The predicted octanol–water partition coefficient (Wildman–Crippen LogP) is 6.95. The van der Waals surface area contributed by atoms with E-state index in [4.69, 9.17) is 27.9 Å². The van der Waals surface area contributed by atoms with Gasteiger partial charge < -0.3 is 14.7 Å². The lowest BCUT2D eigenvalue weighted by Gasteiger charge is -2.24. The first-order chi connectivity index (χ1) is 17.3. The molecule has 194 valence electrons. The zero-order valence-electron chi connectivity index (χ0n) is 21.5. The molecule has 0 spiro atoms. The average molecular weight is 540 g/mol. The molecule has 0 radical (unpaired) electrons. The van der Waals surface area contributed by atoms with E-state index in [1.807, 2.05) is 43.3 Å². The molecule has 0 aromatic heterocycles. The number of carboxylic acid groups (broad SMARTS) is 1. The van der Waals surface area contributed by atoms with Crippen molar-refractivity contribution in [2.24, 2.45) is 0 Å². The van der Waals surface area contributed by atoms with Crippen molar-refractivity contribution in [3.8, 4) is 5.75 Å². The van der Waals surface area contributed by atoms with Gasteiger partial charge in [0.1, 0.15) is 17.9 Å². The number of fused-ring (bicyclic) bond motifs is 1. The van der Waals surface area contributed by atoms with Crippen LogP contribution in [0, 0.1) is 0 Å². The number of halogens is 2. The van der Waals surface area contributed by atoms with Crippen molar-refractivity contribution < 1.29 is 19.4 Å². The molecule has 1 atom stereocenters. The van der Waals surface area contributed by atoms with Crippen molar-refractivity contribution in [2.45, 2.75) is 58.1 Å². The van der Waals surface area contributed by atoms with Gasteiger partial charge in [-0.2, -0.15) is 0 Å². The third-order valence-electron chi connectivity index (χ3n) is 6.63. The molecule has 0 saturated heterocycles. The van der Waals surface area contributed by atoms with E-state index in [-0.39, 0.29) is 17.9 Å². The van der Waals surface area contributed by atoms with Crippen LogP contribution in [0.15, 0.2) is 60.7 Å². The normalized spacial score (nSPS) is 16.7. The number of rotatable bonds is 7. The Kier molecular flexibility index (Phi) is 7.59. The van der Waals surface area contributed by atoms with E-state index in [1.165, 1.54) is 10.5 Å². The molecule has 1 heterocycles. The highest BCUT2D eigenvalue weighted by molar-refractivity contribution is 6.42. The van der Waals surface area contributed by atoms with Gasteiger partial charge in [-0.15, -0.1) is 0 Å². The van der Waals surface area contributed by atoms with Gasteiger partial charge in [0.05, 0.1) is 10.0 Å². The summed E-state index contributed by atoms with van der Waals surface area (Å²) in [6.07, 6.45) is 1.14. The first-order valence-electron chi connectivity index (χ1n) is 12.2. The SMILES string of the molecule is CC(C)(C)c1ccc(CN(CC(=O)O)C(=O)c2ccc3c(c2)C[C@](C)(Cc2cccc(Cl)c2Cl)O3)cc1. The molecule has 3 aromatic carbocycles. The third-order valence-corrected chi connectivity index (χ3v) is 7.49. The lowest BCUT2D eigenvalue weighted by Crippen LogP contribution is -2.35. The molecular formula is C30H31Cl2NO4. The molecule has 0 saturated carbocycles. The maximum absolute atomic E-state index is 13.4. The molecule has 7 heteroatoms. The highest BCUT2D eigenvalue weighted by Gasteiger charge is 2.36. The Morgan fingerprint density at radius 3 is 2.41 bits per heavy atom. The van der Waals surface area contributed by atoms with Gasteiger partial charge >= 0.3 is 5.97 Å². The summed E-state index contributed by atoms with van der Waals surface area (Å²) in [7, 11) is 0. The van der Waals surface area contributed by atoms with Crippen LogP contribution in [0.1, 0.15) is 60.3 Å². The van der Waals surface area contributed by atoms with Crippen LogP contribution in [0.4, 0.5) is 0 Å². The lowest BCUT2D eigenvalue weighted by atomic mass is 9.87. The predicted molar refractivity (Wildman–Crippen MR) is 147 cm³/mol. The highest BCUT2D eigenvalue weighted by Crippen LogP contribution is 2.39. The summed E-state index contributed by atoms with van der Waals surface area (Å²) in [5, 5.41) is 10.5. The summed E-state index contributed by atoms with van der Waals surface area (Å²) in [6, 6.07) is 18.8. The highest BCUT2D eigenvalue weighted by atomic mass is 35.5. The van der Waals surface area contributed by atoms with Gasteiger partial charge in [0.25, 0.3) is 5.91 Å². The van der Waals surface area contributed by atoms with Crippen LogP contribution >= 0.6 is 23.2 Å². The van der Waals surface area contributed by atoms with Gasteiger partial charge in [-0.25, -0.2) is 0 Å². The topological polar surface area (TPSA) is 66.8 Å². The van der Waals surface area contributed by atoms with Gasteiger partial charge in [0, 0.05) is 24.9 Å². The van der Waals surface area contributed by atoms with Crippen molar-refractivity contribution >= 4 is 35.1 Å². The van der Waals surface area contributed by atoms with Crippen molar-refractivity contribution in [3.63, 3.8) is 0 Å². The molecule has 37 heavy (non-hydrogen) atoms. The fraction of sp³-hybridized carbons (Fsp3) is 0.333. The largest absolute Gasteiger partial charge is 0.487 e. The summed E-state index contributed by atoms with van der Waals surface area (Å²) < 4.78 is 6.27. The number of carbonyl (C=O) groups is 2. The minimum Gasteiger partial charge on any atom is -0.487 e. The number of aliphatic carboxylic acids is 1. The van der Waals surface area contributed by atoms with E-state index in [0.29, 0.717) is 34.2 Å². The summed E-state index contributed by atoms with van der Waals surface area (Å²) in [5.74, 6) is -0.688. The van der Waals surface area contributed by atoms with Crippen molar-refractivity contribution in [1.29, 1.82) is 0 Å². The Hall–Kier alpha value is -3.02. The second kappa shape index (κ2) is 10.4. The Labute approximate surface area is 228 Å². The Balaban J connectivity index is 1.53. The van der Waals surface area contributed by atoms with Gasteiger partial charge in [-0.3, -0.25) is 9.59 Å². The van der Waals surface area contributed by atoms with Gasteiger partial charge in [0.15, 0.2) is 0 Å². The molecule has 4 rings (SSSR count). The summed E-state index contributed by atoms with van der Waals surface area (Å²) >= 11 is 12.6. The number of nitrogens with zero attached hydrogens (tertiary/aromatic N) is 1. The van der Waals surface area contributed by atoms with Gasteiger partial charge in [-0.05, 0) is 58.9 Å². The molecule has 1 aliphatic heterocycles. The first-order valence-corrected chi connectivity index (χ1v) is 13.0. The fourth-order valence-electron chi connectivity index (χ4n) is 4.72. The molecule has 0 aliphatic carbocycles. The van der Waals surface area contributed by atoms with Crippen LogP contribution in [0.5, 0.6) is 5.75 Å². The summed E-state index contributed by atoms with van der Waals surface area (Å²) in [5.41, 5.74) is 3.73. The molecule has 0 bridgehead atoms. The van der Waals surface area contributed by atoms with Crippen molar-refractivity contribution in [1.82, 2.24) is 4.90 Å². The standard InChI is InChI=1S/C30H31Cl2NO4/c1-29(2,3)23-11-8-19(9-12-23)17-33(18-26(34)35)28(36)20-10-13-25-22(14-20)16-30(4,37-25)15-21-6-5-7-24(31)27(21)32/h5-14H,15-18H2,1-4H3,(H,34,35)/t30-/m0/s1. The number of benzene rings is 3. The molecule has 0 unspecified atom stereocenters. The second-order valence-electron chi connectivity index (χ2n) is 10.9. The molecule has 1 aliphatic rings. The number of ether oxygens (including phenoxy) is 1. The van der Waals surface area contributed by atoms with Gasteiger partial charge in [-0.1, -0.05) is 80.4 Å². The maximum Gasteiger partial charge on any atom is 0.323 e. The van der Waals surface area contributed by atoms with Crippen LogP contribution in [-0.2, 0) is 29.6 Å².